The SMILES string of the molecule is C=N/C(=N\C(=N/Cc1ccccc1)c1ccccc1)c1ccccc1-n1c2ccccc2c2cc(-c3cccc4c3sc3ccccc34)ccc21. The molecule has 51 heavy (non-hydrogen) atoms. The number of fused-ring (bicyclic) bond motifs is 6. The number of para-hydroxylation sites is 2. The van der Waals surface area contributed by atoms with E-state index in [0.29, 0.717) is 18.2 Å². The summed E-state index contributed by atoms with van der Waals surface area (Å²) in [5.41, 5.74) is 8.56. The van der Waals surface area contributed by atoms with Crippen LogP contribution in [0.4, 0.5) is 0 Å². The fraction of sp³-hybridized carbons (Fsp3) is 0.0217. The van der Waals surface area contributed by atoms with Gasteiger partial charge in [-0.05, 0) is 59.8 Å². The van der Waals surface area contributed by atoms with Crippen LogP contribution < -0.4 is 0 Å². The number of thiophene rings is 1. The summed E-state index contributed by atoms with van der Waals surface area (Å²) in [5.74, 6) is 1.12. The number of aromatic nitrogens is 1. The van der Waals surface area contributed by atoms with Gasteiger partial charge in [0, 0.05) is 42.1 Å². The maximum atomic E-state index is 5.11. The molecule has 9 rings (SSSR count). The maximum Gasteiger partial charge on any atom is 0.163 e. The molecule has 0 fully saturated rings. The number of nitrogens with zero attached hydrogens (tertiary/aromatic N) is 4. The third-order valence-electron chi connectivity index (χ3n) is 9.42. The van der Waals surface area contributed by atoms with Crippen LogP contribution in [-0.4, -0.2) is 23.0 Å². The first kappa shape index (κ1) is 30.6. The zero-order chi connectivity index (χ0) is 34.1. The molecule has 4 nitrogen and oxygen atoms in total. The molecular formula is C46H32N4S. The van der Waals surface area contributed by atoms with E-state index in [9.17, 15) is 0 Å². The molecular weight excluding hydrogens is 641 g/mol. The molecule has 0 bridgehead atoms. The van der Waals surface area contributed by atoms with Crippen molar-refractivity contribution in [3.05, 3.63) is 187 Å². The van der Waals surface area contributed by atoms with E-state index in [1.165, 1.54) is 42.1 Å². The molecule has 0 radical (unpaired) electrons. The Kier molecular flexibility index (Phi) is 7.88. The Morgan fingerprint density at radius 3 is 2.10 bits per heavy atom. The summed E-state index contributed by atoms with van der Waals surface area (Å²) >= 11 is 1.86. The molecule has 0 unspecified atom stereocenters. The minimum Gasteiger partial charge on any atom is -0.309 e. The zero-order valence-electron chi connectivity index (χ0n) is 27.8. The van der Waals surface area contributed by atoms with E-state index in [4.69, 9.17) is 9.98 Å². The van der Waals surface area contributed by atoms with Crippen molar-refractivity contribution in [3.8, 4) is 16.8 Å². The van der Waals surface area contributed by atoms with Crippen LogP contribution in [0.2, 0.25) is 0 Å². The van der Waals surface area contributed by atoms with E-state index >= 15 is 0 Å². The summed E-state index contributed by atoms with van der Waals surface area (Å²) in [6, 6.07) is 59.4. The highest BCUT2D eigenvalue weighted by molar-refractivity contribution is 7.26. The molecule has 0 N–H and O–H groups in total. The van der Waals surface area contributed by atoms with Crippen LogP contribution in [0.15, 0.2) is 185 Å². The first-order valence-electron chi connectivity index (χ1n) is 17.0. The molecule has 0 aliphatic rings. The lowest BCUT2D eigenvalue weighted by atomic mass is 10.0. The Balaban J connectivity index is 1.21. The average molecular weight is 673 g/mol. The predicted octanol–water partition coefficient (Wildman–Crippen LogP) is 11.9. The summed E-state index contributed by atoms with van der Waals surface area (Å²) in [6.45, 7) is 4.50. The molecule has 0 amide bonds. The van der Waals surface area contributed by atoms with Gasteiger partial charge >= 0.3 is 0 Å². The van der Waals surface area contributed by atoms with Crippen LogP contribution in [0.3, 0.4) is 0 Å². The number of rotatable bonds is 6. The number of aliphatic imine (C=N–C) groups is 3. The Morgan fingerprint density at radius 1 is 0.569 bits per heavy atom. The number of benzene rings is 7. The molecule has 242 valence electrons. The molecule has 0 spiro atoms. The molecule has 0 saturated carbocycles. The van der Waals surface area contributed by atoms with Gasteiger partial charge in [-0.25, -0.2) is 9.98 Å². The van der Waals surface area contributed by atoms with Gasteiger partial charge in [0.1, 0.15) is 0 Å². The second-order valence-electron chi connectivity index (χ2n) is 12.5. The van der Waals surface area contributed by atoms with Crippen LogP contribution >= 0.6 is 11.3 Å². The molecule has 0 saturated heterocycles. The second-order valence-corrected chi connectivity index (χ2v) is 13.5. The Labute approximate surface area is 300 Å². The summed E-state index contributed by atoms with van der Waals surface area (Å²) in [5, 5.41) is 4.99. The average Bonchev–Trinajstić information content (AvgIpc) is 3.74. The predicted molar refractivity (Wildman–Crippen MR) is 218 cm³/mol. The van der Waals surface area contributed by atoms with Crippen molar-refractivity contribution in [1.82, 2.24) is 4.57 Å². The monoisotopic (exact) mass is 672 g/mol. The molecule has 0 aliphatic heterocycles. The van der Waals surface area contributed by atoms with E-state index in [1.54, 1.807) is 0 Å². The standard InChI is InChI=1S/C46H32N4S/c1-47-46(49-45(32-17-6-3-7-18-32)48-30-31-15-4-2-5-16-31)38-21-9-12-25-41(38)50-40-24-11-8-19-35(40)39-29-33(27-28-42(39)50)34-22-14-23-37-36-20-10-13-26-43(36)51-44(34)37/h2-29H,1,30H2/b48-45-,49-46-. The Bertz CT molecular complexity index is 2790. The summed E-state index contributed by atoms with van der Waals surface area (Å²) in [7, 11) is 0. The Hall–Kier alpha value is -6.43. The third-order valence-corrected chi connectivity index (χ3v) is 10.6. The van der Waals surface area contributed by atoms with E-state index < -0.39 is 0 Å². The molecule has 0 aliphatic carbocycles. The highest BCUT2D eigenvalue weighted by Crippen LogP contribution is 2.42. The van der Waals surface area contributed by atoms with Crippen LogP contribution in [0, 0.1) is 0 Å². The van der Waals surface area contributed by atoms with Gasteiger partial charge in [-0.15, -0.1) is 11.3 Å². The maximum absolute atomic E-state index is 5.11. The van der Waals surface area contributed by atoms with Gasteiger partial charge in [-0.3, -0.25) is 4.99 Å². The van der Waals surface area contributed by atoms with Crippen LogP contribution in [0.5, 0.6) is 0 Å². The second kappa shape index (κ2) is 13.1. The van der Waals surface area contributed by atoms with Gasteiger partial charge in [0.25, 0.3) is 0 Å². The van der Waals surface area contributed by atoms with Gasteiger partial charge in [-0.2, -0.15) is 0 Å². The van der Waals surface area contributed by atoms with Crippen molar-refractivity contribution in [3.63, 3.8) is 0 Å². The van der Waals surface area contributed by atoms with Crippen LogP contribution in [-0.2, 0) is 6.54 Å². The van der Waals surface area contributed by atoms with Crippen LogP contribution in [0.1, 0.15) is 16.7 Å². The van der Waals surface area contributed by atoms with E-state index in [1.807, 2.05) is 65.9 Å². The lowest BCUT2D eigenvalue weighted by Gasteiger charge is -2.14. The lowest BCUT2D eigenvalue weighted by Crippen LogP contribution is -2.09. The number of hydrogen-bond donors (Lipinski definition) is 0. The van der Waals surface area contributed by atoms with Crippen molar-refractivity contribution in [2.24, 2.45) is 15.0 Å². The van der Waals surface area contributed by atoms with Gasteiger partial charge in [0.05, 0.1) is 23.3 Å². The normalized spacial score (nSPS) is 12.3. The van der Waals surface area contributed by atoms with E-state index in [-0.39, 0.29) is 0 Å². The smallest absolute Gasteiger partial charge is 0.163 e. The van der Waals surface area contributed by atoms with Crippen molar-refractivity contribution >= 4 is 71.7 Å². The van der Waals surface area contributed by atoms with E-state index in [2.05, 4.69) is 132 Å². The first-order chi connectivity index (χ1) is 25.3. The highest BCUT2D eigenvalue weighted by atomic mass is 32.1. The summed E-state index contributed by atoms with van der Waals surface area (Å²) in [6.07, 6.45) is 0. The third kappa shape index (κ3) is 5.54. The highest BCUT2D eigenvalue weighted by Gasteiger charge is 2.19. The Morgan fingerprint density at radius 2 is 1.25 bits per heavy atom. The number of amidine groups is 2. The minimum atomic E-state index is 0.505. The van der Waals surface area contributed by atoms with Gasteiger partial charge in [-0.1, -0.05) is 133 Å². The minimum absolute atomic E-state index is 0.505. The fourth-order valence-corrected chi connectivity index (χ4v) is 8.28. The van der Waals surface area contributed by atoms with Gasteiger partial charge in [0.2, 0.25) is 0 Å². The lowest BCUT2D eigenvalue weighted by molar-refractivity contribution is 1.06. The summed E-state index contributed by atoms with van der Waals surface area (Å²) < 4.78 is 4.95. The summed E-state index contributed by atoms with van der Waals surface area (Å²) in [4.78, 5) is 14.6. The molecule has 5 heteroatoms. The van der Waals surface area contributed by atoms with Crippen molar-refractivity contribution in [2.75, 3.05) is 0 Å². The van der Waals surface area contributed by atoms with Gasteiger partial charge < -0.3 is 4.57 Å². The van der Waals surface area contributed by atoms with Crippen molar-refractivity contribution in [2.45, 2.75) is 6.54 Å². The molecule has 2 aromatic heterocycles. The van der Waals surface area contributed by atoms with Crippen molar-refractivity contribution < 1.29 is 0 Å². The molecule has 7 aromatic carbocycles. The number of hydrogen-bond acceptors (Lipinski definition) is 2. The quantitative estimate of drug-likeness (QED) is 0.125. The van der Waals surface area contributed by atoms with Crippen molar-refractivity contribution in [1.29, 1.82) is 0 Å². The van der Waals surface area contributed by atoms with Gasteiger partial charge in [0.15, 0.2) is 11.7 Å². The topological polar surface area (TPSA) is 42.0 Å². The molecule has 9 aromatic rings. The van der Waals surface area contributed by atoms with Crippen LogP contribution in [0.25, 0.3) is 58.8 Å². The largest absolute Gasteiger partial charge is 0.309 e. The first-order valence-corrected chi connectivity index (χ1v) is 17.8. The fourth-order valence-electron chi connectivity index (χ4n) is 7.04. The zero-order valence-corrected chi connectivity index (χ0v) is 28.6. The van der Waals surface area contributed by atoms with E-state index in [0.717, 1.165) is 33.4 Å². The molecule has 2 heterocycles. The molecule has 0 atom stereocenters.